The Balaban J connectivity index is 2.10. The SMILES string of the molecule is NNC(=O)c1occc1COc1ccc([N+](=O)[O-])c(Cl)c1. The van der Waals surface area contributed by atoms with Gasteiger partial charge < -0.3 is 9.15 Å². The fourth-order valence-electron chi connectivity index (χ4n) is 1.60. The molecule has 1 heterocycles. The Bertz CT molecular complexity index is 685. The van der Waals surface area contributed by atoms with Gasteiger partial charge in [-0.15, -0.1) is 0 Å². The Labute approximate surface area is 123 Å². The molecule has 0 aliphatic carbocycles. The molecule has 0 aliphatic heterocycles. The number of furan rings is 1. The molecule has 2 aromatic rings. The van der Waals surface area contributed by atoms with Crippen LogP contribution in [-0.4, -0.2) is 10.8 Å². The van der Waals surface area contributed by atoms with Crippen molar-refractivity contribution in [1.82, 2.24) is 5.43 Å². The first-order valence-electron chi connectivity index (χ1n) is 5.67. The molecule has 0 radical (unpaired) electrons. The second-order valence-electron chi connectivity index (χ2n) is 3.91. The molecule has 21 heavy (non-hydrogen) atoms. The maximum atomic E-state index is 11.4. The van der Waals surface area contributed by atoms with E-state index < -0.39 is 10.8 Å². The molecular weight excluding hydrogens is 302 g/mol. The van der Waals surface area contributed by atoms with E-state index in [1.54, 1.807) is 6.07 Å². The molecule has 1 aromatic heterocycles. The summed E-state index contributed by atoms with van der Waals surface area (Å²) in [6.07, 6.45) is 1.33. The zero-order valence-corrected chi connectivity index (χ0v) is 11.3. The first-order chi connectivity index (χ1) is 10.0. The van der Waals surface area contributed by atoms with E-state index in [0.29, 0.717) is 11.3 Å². The predicted octanol–water partition coefficient (Wildman–Crippen LogP) is 2.02. The van der Waals surface area contributed by atoms with E-state index in [9.17, 15) is 14.9 Å². The summed E-state index contributed by atoms with van der Waals surface area (Å²) in [7, 11) is 0. The van der Waals surface area contributed by atoms with Crippen LogP contribution >= 0.6 is 11.6 Å². The van der Waals surface area contributed by atoms with Crippen molar-refractivity contribution in [2.45, 2.75) is 6.61 Å². The summed E-state index contributed by atoms with van der Waals surface area (Å²) in [6.45, 7) is 0.0212. The van der Waals surface area contributed by atoms with Crippen LogP contribution in [0.3, 0.4) is 0 Å². The number of carbonyl (C=O) groups is 1. The molecule has 0 bridgehead atoms. The van der Waals surface area contributed by atoms with Gasteiger partial charge in [-0.3, -0.25) is 20.3 Å². The number of nitrogens with one attached hydrogen (secondary N) is 1. The topological polar surface area (TPSA) is 121 Å². The lowest BCUT2D eigenvalue weighted by Gasteiger charge is -2.06. The largest absolute Gasteiger partial charge is 0.489 e. The standard InChI is InChI=1S/C12H10ClN3O5/c13-9-5-8(1-2-10(9)16(18)19)21-6-7-3-4-20-11(7)12(17)15-14/h1-5H,6,14H2,(H,15,17). The van der Waals surface area contributed by atoms with E-state index in [1.165, 1.54) is 24.5 Å². The van der Waals surface area contributed by atoms with E-state index in [2.05, 4.69) is 0 Å². The van der Waals surface area contributed by atoms with Crippen LogP contribution in [0.1, 0.15) is 16.1 Å². The Morgan fingerprint density at radius 3 is 2.86 bits per heavy atom. The molecule has 0 fully saturated rings. The molecule has 110 valence electrons. The number of benzene rings is 1. The van der Waals surface area contributed by atoms with Gasteiger partial charge in [-0.25, -0.2) is 5.84 Å². The molecule has 9 heteroatoms. The summed E-state index contributed by atoms with van der Waals surface area (Å²) >= 11 is 5.77. The van der Waals surface area contributed by atoms with Gasteiger partial charge in [-0.05, 0) is 12.1 Å². The molecule has 0 saturated heterocycles. The number of hydrogen-bond acceptors (Lipinski definition) is 6. The summed E-state index contributed by atoms with van der Waals surface area (Å²) in [5.41, 5.74) is 2.22. The third-order valence-corrected chi connectivity index (χ3v) is 2.90. The van der Waals surface area contributed by atoms with Crippen LogP contribution in [0.15, 0.2) is 34.9 Å². The smallest absolute Gasteiger partial charge is 0.301 e. The van der Waals surface area contributed by atoms with Crippen LogP contribution in [0, 0.1) is 10.1 Å². The second-order valence-corrected chi connectivity index (χ2v) is 4.31. The number of rotatable bonds is 5. The summed E-state index contributed by atoms with van der Waals surface area (Å²) < 4.78 is 10.4. The summed E-state index contributed by atoms with van der Waals surface area (Å²) in [5, 5.41) is 10.6. The van der Waals surface area contributed by atoms with Crippen LogP contribution in [-0.2, 0) is 6.61 Å². The number of nitrogen functional groups attached to an aromatic ring is 1. The van der Waals surface area contributed by atoms with Gasteiger partial charge in [-0.2, -0.15) is 0 Å². The van der Waals surface area contributed by atoms with Gasteiger partial charge >= 0.3 is 5.91 Å². The number of halogens is 1. The highest BCUT2D eigenvalue weighted by atomic mass is 35.5. The number of nitrogens with zero attached hydrogens (tertiary/aromatic N) is 1. The summed E-state index contributed by atoms with van der Waals surface area (Å²) in [4.78, 5) is 21.4. The first-order valence-corrected chi connectivity index (χ1v) is 6.04. The predicted molar refractivity (Wildman–Crippen MR) is 72.8 cm³/mol. The van der Waals surface area contributed by atoms with Crippen molar-refractivity contribution in [3.8, 4) is 5.75 Å². The lowest BCUT2D eigenvalue weighted by molar-refractivity contribution is -0.384. The van der Waals surface area contributed by atoms with E-state index in [4.69, 9.17) is 26.6 Å². The number of carbonyl (C=O) groups excluding carboxylic acids is 1. The van der Waals surface area contributed by atoms with Gasteiger partial charge in [0.1, 0.15) is 17.4 Å². The van der Waals surface area contributed by atoms with E-state index in [-0.39, 0.29) is 23.1 Å². The minimum atomic E-state index is -0.591. The highest BCUT2D eigenvalue weighted by Crippen LogP contribution is 2.28. The minimum absolute atomic E-state index is 0.0212. The fraction of sp³-hybridized carbons (Fsp3) is 0.0833. The van der Waals surface area contributed by atoms with E-state index >= 15 is 0 Å². The van der Waals surface area contributed by atoms with Crippen molar-refractivity contribution in [1.29, 1.82) is 0 Å². The van der Waals surface area contributed by atoms with Crippen LogP contribution < -0.4 is 16.0 Å². The van der Waals surface area contributed by atoms with Gasteiger partial charge in [0.05, 0.1) is 11.2 Å². The maximum Gasteiger partial charge on any atom is 0.301 e. The number of ether oxygens (including phenoxy) is 1. The van der Waals surface area contributed by atoms with Crippen molar-refractivity contribution < 1.29 is 18.9 Å². The van der Waals surface area contributed by atoms with Crippen molar-refractivity contribution in [3.05, 3.63) is 57.0 Å². The number of hydrazine groups is 1. The van der Waals surface area contributed by atoms with E-state index in [0.717, 1.165) is 0 Å². The van der Waals surface area contributed by atoms with Crippen LogP contribution in [0.2, 0.25) is 5.02 Å². The zero-order chi connectivity index (χ0) is 15.4. The fourth-order valence-corrected chi connectivity index (χ4v) is 1.84. The van der Waals surface area contributed by atoms with E-state index in [1.807, 2.05) is 5.43 Å². The molecule has 3 N–H and O–H groups in total. The van der Waals surface area contributed by atoms with Crippen molar-refractivity contribution in [2.24, 2.45) is 5.84 Å². The summed E-state index contributed by atoms with van der Waals surface area (Å²) in [5.74, 6) is 4.80. The molecular formula is C12H10ClN3O5. The minimum Gasteiger partial charge on any atom is -0.489 e. The highest BCUT2D eigenvalue weighted by molar-refractivity contribution is 6.32. The number of nitro benzene ring substituents is 1. The van der Waals surface area contributed by atoms with Gasteiger partial charge in [0.15, 0.2) is 5.76 Å². The molecule has 8 nitrogen and oxygen atoms in total. The lowest BCUT2D eigenvalue weighted by Crippen LogP contribution is -2.30. The van der Waals surface area contributed by atoms with Crippen molar-refractivity contribution >= 4 is 23.2 Å². The highest BCUT2D eigenvalue weighted by Gasteiger charge is 2.16. The number of nitrogens with two attached hydrogens (primary N) is 1. The molecule has 0 unspecified atom stereocenters. The molecule has 1 aromatic carbocycles. The van der Waals surface area contributed by atoms with Gasteiger partial charge in [-0.1, -0.05) is 11.6 Å². The third-order valence-electron chi connectivity index (χ3n) is 2.59. The van der Waals surface area contributed by atoms with Crippen molar-refractivity contribution in [3.63, 3.8) is 0 Å². The molecule has 2 rings (SSSR count). The Hall–Kier alpha value is -2.58. The maximum absolute atomic E-state index is 11.4. The molecule has 0 spiro atoms. The van der Waals surface area contributed by atoms with Crippen molar-refractivity contribution in [2.75, 3.05) is 0 Å². The Kier molecular flexibility index (Phi) is 4.41. The molecule has 0 saturated carbocycles. The molecule has 0 atom stereocenters. The average molecular weight is 312 g/mol. The first kappa shape index (κ1) is 14.8. The number of nitro groups is 1. The Morgan fingerprint density at radius 1 is 1.48 bits per heavy atom. The third kappa shape index (κ3) is 3.30. The average Bonchev–Trinajstić information content (AvgIpc) is 2.92. The monoisotopic (exact) mass is 311 g/mol. The molecule has 0 aliphatic rings. The quantitative estimate of drug-likeness (QED) is 0.377. The lowest BCUT2D eigenvalue weighted by atomic mass is 10.2. The van der Waals surface area contributed by atoms with Crippen LogP contribution in [0.5, 0.6) is 5.75 Å². The zero-order valence-electron chi connectivity index (χ0n) is 10.5. The normalized spacial score (nSPS) is 10.2. The van der Waals surface area contributed by atoms with Gasteiger partial charge in [0.25, 0.3) is 5.69 Å². The van der Waals surface area contributed by atoms with Crippen LogP contribution in [0.25, 0.3) is 0 Å². The van der Waals surface area contributed by atoms with Crippen LogP contribution in [0.4, 0.5) is 5.69 Å². The number of amides is 1. The Morgan fingerprint density at radius 2 is 2.24 bits per heavy atom. The van der Waals surface area contributed by atoms with Gasteiger partial charge in [0.2, 0.25) is 0 Å². The molecule has 1 amide bonds. The number of hydrogen-bond donors (Lipinski definition) is 2. The van der Waals surface area contributed by atoms with Gasteiger partial charge in [0, 0.05) is 17.7 Å². The second kappa shape index (κ2) is 6.25. The summed E-state index contributed by atoms with van der Waals surface area (Å²) in [6, 6.07) is 5.52.